The summed E-state index contributed by atoms with van der Waals surface area (Å²) in [5, 5.41) is 8.45. The fourth-order valence-corrected chi connectivity index (χ4v) is 3.49. The lowest BCUT2D eigenvalue weighted by Crippen LogP contribution is -2.28. The molecule has 4 rings (SSSR count). The fraction of sp³-hybridized carbons (Fsp3) is 0.300. The number of carbonyl (C=O) groups is 1. The smallest absolute Gasteiger partial charge is 0.254 e. The molecule has 1 aromatic carbocycles. The van der Waals surface area contributed by atoms with Crippen molar-refractivity contribution in [1.29, 1.82) is 0 Å². The summed E-state index contributed by atoms with van der Waals surface area (Å²) in [7, 11) is 1.67. The third-order valence-corrected chi connectivity index (χ3v) is 4.98. The van der Waals surface area contributed by atoms with Crippen LogP contribution in [-0.4, -0.2) is 37.8 Å². The minimum atomic E-state index is -0.620. The number of amides is 1. The number of nitrogen functional groups attached to an aromatic ring is 1. The predicted molar refractivity (Wildman–Crippen MR) is 105 cm³/mol. The Balaban J connectivity index is 1.94. The summed E-state index contributed by atoms with van der Waals surface area (Å²) in [6.07, 6.45) is 1.01. The number of nitrogens with two attached hydrogens (primary N) is 1. The van der Waals surface area contributed by atoms with Crippen molar-refractivity contribution < 1.29 is 13.9 Å². The van der Waals surface area contributed by atoms with E-state index < -0.39 is 11.9 Å². The van der Waals surface area contributed by atoms with Crippen LogP contribution in [0, 0.1) is 5.82 Å². The second-order valence-corrected chi connectivity index (χ2v) is 6.96. The van der Waals surface area contributed by atoms with Crippen molar-refractivity contribution in [2.24, 2.45) is 0 Å². The minimum Gasteiger partial charge on any atom is -0.482 e. The molecular weight excluding hydrogens is 375 g/mol. The first kappa shape index (κ1) is 18.9. The lowest BCUT2D eigenvalue weighted by molar-refractivity contribution is 0.0778. The van der Waals surface area contributed by atoms with Crippen molar-refractivity contribution in [3.05, 3.63) is 53.1 Å². The van der Waals surface area contributed by atoms with Crippen molar-refractivity contribution in [2.45, 2.75) is 33.0 Å². The molecule has 0 spiro atoms. The van der Waals surface area contributed by atoms with Crippen LogP contribution in [0.15, 0.2) is 30.5 Å². The number of aryl methyl sites for hydroxylation is 1. The maximum atomic E-state index is 13.9. The maximum absolute atomic E-state index is 13.9. The standard InChI is InChI=1S/C20H21FN6O2/c1-4-27-18-12-7-17(19(22)23-9-12)29-11(2)15-8-13(21)5-6-14(15)20(28)26(3)10-16(18)24-25-27/h5-9,11H,4,10H2,1-3H3,(H2,22,23)/t11-/m1/s1. The number of halogens is 1. The average molecular weight is 396 g/mol. The Morgan fingerprint density at radius 1 is 1.34 bits per heavy atom. The number of hydrogen-bond acceptors (Lipinski definition) is 6. The van der Waals surface area contributed by atoms with Crippen molar-refractivity contribution in [2.75, 3.05) is 12.8 Å². The van der Waals surface area contributed by atoms with E-state index in [4.69, 9.17) is 10.5 Å². The molecule has 0 saturated heterocycles. The molecule has 1 atom stereocenters. The van der Waals surface area contributed by atoms with E-state index in [1.807, 2.05) is 6.92 Å². The van der Waals surface area contributed by atoms with Crippen LogP contribution in [0.4, 0.5) is 10.2 Å². The average Bonchev–Trinajstić information content (AvgIpc) is 3.10. The Morgan fingerprint density at radius 3 is 2.90 bits per heavy atom. The SMILES string of the molecule is CCn1nnc2c1-c1cnc(N)c(c1)O[C@H](C)c1cc(F)ccc1C(=O)N(C)C2. The lowest BCUT2D eigenvalue weighted by Gasteiger charge is -2.23. The predicted octanol–water partition coefficient (Wildman–Crippen LogP) is 2.81. The van der Waals surface area contributed by atoms with Gasteiger partial charge in [0.1, 0.15) is 17.6 Å². The van der Waals surface area contributed by atoms with Crippen LogP contribution in [0.1, 0.15) is 41.6 Å². The monoisotopic (exact) mass is 396 g/mol. The molecule has 0 saturated carbocycles. The molecule has 1 aliphatic heterocycles. The molecular formula is C20H21FN6O2. The quantitative estimate of drug-likeness (QED) is 0.679. The summed E-state index contributed by atoms with van der Waals surface area (Å²) in [5.41, 5.74) is 8.90. The Morgan fingerprint density at radius 2 is 2.14 bits per heavy atom. The minimum absolute atomic E-state index is 0.205. The topological polar surface area (TPSA) is 99.2 Å². The van der Waals surface area contributed by atoms with Gasteiger partial charge in [-0.05, 0) is 38.1 Å². The van der Waals surface area contributed by atoms with Crippen LogP contribution in [0.3, 0.4) is 0 Å². The Hall–Kier alpha value is -3.49. The third kappa shape index (κ3) is 3.28. The van der Waals surface area contributed by atoms with Crippen LogP contribution in [0.5, 0.6) is 5.75 Å². The number of pyridine rings is 1. The fourth-order valence-electron chi connectivity index (χ4n) is 3.49. The highest BCUT2D eigenvalue weighted by Gasteiger charge is 2.26. The number of anilines is 1. The first-order valence-corrected chi connectivity index (χ1v) is 9.28. The zero-order valence-electron chi connectivity index (χ0n) is 16.4. The number of carbonyl (C=O) groups excluding carboxylic acids is 1. The van der Waals surface area contributed by atoms with Gasteiger partial charge in [0.05, 0.1) is 12.2 Å². The number of nitrogens with zero attached hydrogens (tertiary/aromatic N) is 5. The van der Waals surface area contributed by atoms with Gasteiger partial charge in [-0.15, -0.1) is 5.10 Å². The van der Waals surface area contributed by atoms with E-state index in [-0.39, 0.29) is 18.3 Å². The van der Waals surface area contributed by atoms with Gasteiger partial charge in [0.25, 0.3) is 5.91 Å². The van der Waals surface area contributed by atoms with Gasteiger partial charge in [0.15, 0.2) is 11.6 Å². The third-order valence-electron chi connectivity index (χ3n) is 4.98. The molecule has 2 bridgehead atoms. The van der Waals surface area contributed by atoms with Gasteiger partial charge in [-0.2, -0.15) is 0 Å². The number of benzene rings is 1. The second kappa shape index (κ2) is 7.16. The summed E-state index contributed by atoms with van der Waals surface area (Å²) in [6.45, 7) is 4.53. The van der Waals surface area contributed by atoms with E-state index in [0.717, 1.165) is 11.3 Å². The maximum Gasteiger partial charge on any atom is 0.254 e. The summed E-state index contributed by atoms with van der Waals surface area (Å²) >= 11 is 0. The highest BCUT2D eigenvalue weighted by molar-refractivity contribution is 5.95. The molecule has 29 heavy (non-hydrogen) atoms. The summed E-state index contributed by atoms with van der Waals surface area (Å²) < 4.78 is 21.7. The molecule has 1 aliphatic rings. The van der Waals surface area contributed by atoms with Crippen molar-refractivity contribution in [3.63, 3.8) is 0 Å². The number of hydrogen-bond donors (Lipinski definition) is 1. The van der Waals surface area contributed by atoms with Crippen LogP contribution in [0.2, 0.25) is 0 Å². The molecule has 3 aromatic rings. The first-order valence-electron chi connectivity index (χ1n) is 9.28. The number of ether oxygens (including phenoxy) is 1. The summed E-state index contributed by atoms with van der Waals surface area (Å²) in [6, 6.07) is 5.81. The molecule has 2 N–H and O–H groups in total. The van der Waals surface area contributed by atoms with E-state index in [2.05, 4.69) is 15.3 Å². The normalized spacial score (nSPS) is 16.3. The van der Waals surface area contributed by atoms with Crippen molar-refractivity contribution in [3.8, 4) is 17.0 Å². The second-order valence-electron chi connectivity index (χ2n) is 6.96. The molecule has 0 unspecified atom stereocenters. The number of rotatable bonds is 1. The van der Waals surface area contributed by atoms with E-state index >= 15 is 0 Å². The molecule has 9 heteroatoms. The Kier molecular flexibility index (Phi) is 4.65. The summed E-state index contributed by atoms with van der Waals surface area (Å²) in [4.78, 5) is 18.9. The van der Waals surface area contributed by atoms with E-state index in [0.29, 0.717) is 29.1 Å². The van der Waals surface area contributed by atoms with Crippen LogP contribution in [-0.2, 0) is 13.1 Å². The van der Waals surface area contributed by atoms with Crippen LogP contribution >= 0.6 is 0 Å². The summed E-state index contributed by atoms with van der Waals surface area (Å²) in [5.74, 6) is -0.157. The molecule has 8 nitrogen and oxygen atoms in total. The van der Waals surface area contributed by atoms with Gasteiger partial charge in [-0.1, -0.05) is 5.21 Å². The Bertz CT molecular complexity index is 1100. The Labute approximate surface area is 167 Å². The largest absolute Gasteiger partial charge is 0.482 e. The molecule has 0 aliphatic carbocycles. The highest BCUT2D eigenvalue weighted by Crippen LogP contribution is 2.34. The van der Waals surface area contributed by atoms with E-state index in [1.165, 1.54) is 23.1 Å². The molecule has 2 aromatic heterocycles. The molecule has 3 heterocycles. The highest BCUT2D eigenvalue weighted by atomic mass is 19.1. The van der Waals surface area contributed by atoms with Gasteiger partial charge in [-0.25, -0.2) is 14.1 Å². The van der Waals surface area contributed by atoms with Crippen molar-refractivity contribution in [1.82, 2.24) is 24.9 Å². The first-order chi connectivity index (χ1) is 13.9. The van der Waals surface area contributed by atoms with Gasteiger partial charge >= 0.3 is 0 Å². The van der Waals surface area contributed by atoms with Gasteiger partial charge in [-0.3, -0.25) is 4.79 Å². The van der Waals surface area contributed by atoms with Gasteiger partial charge in [0.2, 0.25) is 0 Å². The van der Waals surface area contributed by atoms with E-state index in [1.54, 1.807) is 30.9 Å². The zero-order chi connectivity index (χ0) is 20.7. The van der Waals surface area contributed by atoms with E-state index in [9.17, 15) is 9.18 Å². The molecule has 0 fully saturated rings. The van der Waals surface area contributed by atoms with Gasteiger partial charge in [0, 0.05) is 36.5 Å². The molecule has 0 radical (unpaired) electrons. The van der Waals surface area contributed by atoms with Gasteiger partial charge < -0.3 is 15.4 Å². The van der Waals surface area contributed by atoms with Crippen LogP contribution in [0.25, 0.3) is 11.3 Å². The molecule has 150 valence electrons. The number of aromatic nitrogens is 4. The lowest BCUT2D eigenvalue weighted by atomic mass is 10.0. The molecule has 1 amide bonds. The zero-order valence-corrected chi connectivity index (χ0v) is 16.4. The van der Waals surface area contributed by atoms with Crippen molar-refractivity contribution >= 4 is 11.7 Å². The van der Waals surface area contributed by atoms with Crippen LogP contribution < -0.4 is 10.5 Å². The number of fused-ring (bicyclic) bond motifs is 5.